The Balaban J connectivity index is 1.42. The first-order valence-corrected chi connectivity index (χ1v) is 12.6. The summed E-state index contributed by atoms with van der Waals surface area (Å²) in [6.07, 6.45) is 0.414. The van der Waals surface area contributed by atoms with E-state index in [1.165, 1.54) is 11.1 Å². The van der Waals surface area contributed by atoms with Crippen LogP contribution in [0.1, 0.15) is 49.1 Å². The number of nitrogens with zero attached hydrogens (tertiary/aromatic N) is 3. The van der Waals surface area contributed by atoms with Crippen LogP contribution in [0.4, 0.5) is 5.69 Å². The van der Waals surface area contributed by atoms with Crippen molar-refractivity contribution >= 4 is 22.6 Å². The molecule has 4 aromatic rings. The number of carbonyl (C=O) groups excluding carboxylic acids is 1. The van der Waals surface area contributed by atoms with Crippen LogP contribution >= 0.6 is 0 Å². The highest BCUT2D eigenvalue weighted by molar-refractivity contribution is 5.97. The SMILES string of the molecule is COc1ccccc1N1CC(c2nc3ccccc3n2CCOc2cc(C)ccc2C(C)C)CC1=O. The maximum absolute atomic E-state index is 13.1. The Bertz CT molecular complexity index is 1390. The molecule has 6 heteroatoms. The van der Waals surface area contributed by atoms with Crippen molar-refractivity contribution in [1.82, 2.24) is 9.55 Å². The molecule has 0 bridgehead atoms. The summed E-state index contributed by atoms with van der Waals surface area (Å²) in [5.74, 6) is 3.03. The predicted molar refractivity (Wildman–Crippen MR) is 143 cm³/mol. The van der Waals surface area contributed by atoms with Crippen molar-refractivity contribution in [3.63, 3.8) is 0 Å². The van der Waals surface area contributed by atoms with Crippen LogP contribution in [-0.4, -0.2) is 35.7 Å². The van der Waals surface area contributed by atoms with E-state index in [2.05, 4.69) is 49.6 Å². The Hall–Kier alpha value is -3.80. The van der Waals surface area contributed by atoms with E-state index in [9.17, 15) is 4.79 Å². The van der Waals surface area contributed by atoms with E-state index in [1.54, 1.807) is 7.11 Å². The fraction of sp³-hybridized carbons (Fsp3) is 0.333. The molecule has 1 saturated heterocycles. The van der Waals surface area contributed by atoms with Crippen molar-refractivity contribution in [3.05, 3.63) is 83.7 Å². The number of fused-ring (bicyclic) bond motifs is 1. The van der Waals surface area contributed by atoms with Gasteiger partial charge in [0.2, 0.25) is 5.91 Å². The largest absolute Gasteiger partial charge is 0.495 e. The summed E-state index contributed by atoms with van der Waals surface area (Å²) >= 11 is 0. The van der Waals surface area contributed by atoms with Crippen LogP contribution in [0.5, 0.6) is 11.5 Å². The van der Waals surface area contributed by atoms with Gasteiger partial charge in [0.15, 0.2) is 0 Å². The predicted octanol–water partition coefficient (Wildman–Crippen LogP) is 6.08. The molecule has 0 radical (unpaired) electrons. The molecule has 5 rings (SSSR count). The molecule has 0 saturated carbocycles. The van der Waals surface area contributed by atoms with E-state index in [1.807, 2.05) is 47.4 Å². The second-order valence-corrected chi connectivity index (χ2v) is 9.73. The van der Waals surface area contributed by atoms with Gasteiger partial charge < -0.3 is 18.9 Å². The summed E-state index contributed by atoms with van der Waals surface area (Å²) in [5, 5.41) is 0. The maximum atomic E-state index is 13.1. The van der Waals surface area contributed by atoms with E-state index < -0.39 is 0 Å². The van der Waals surface area contributed by atoms with Gasteiger partial charge in [-0.05, 0) is 54.3 Å². The van der Waals surface area contributed by atoms with Gasteiger partial charge in [-0.1, -0.05) is 50.2 Å². The molecule has 36 heavy (non-hydrogen) atoms. The third-order valence-corrected chi connectivity index (χ3v) is 6.91. The van der Waals surface area contributed by atoms with E-state index in [0.717, 1.165) is 28.3 Å². The summed E-state index contributed by atoms with van der Waals surface area (Å²) in [7, 11) is 1.63. The molecule has 0 spiro atoms. The van der Waals surface area contributed by atoms with Crippen molar-refractivity contribution in [2.24, 2.45) is 0 Å². The molecule has 6 nitrogen and oxygen atoms in total. The molecular formula is C30H33N3O3. The monoisotopic (exact) mass is 483 g/mol. The Morgan fingerprint density at radius 2 is 1.81 bits per heavy atom. The number of para-hydroxylation sites is 4. The van der Waals surface area contributed by atoms with Crippen molar-refractivity contribution in [1.29, 1.82) is 0 Å². The molecule has 186 valence electrons. The molecule has 1 fully saturated rings. The van der Waals surface area contributed by atoms with Crippen LogP contribution in [0, 0.1) is 6.92 Å². The van der Waals surface area contributed by atoms with E-state index >= 15 is 0 Å². The van der Waals surface area contributed by atoms with Gasteiger partial charge in [0.1, 0.15) is 23.9 Å². The number of aromatic nitrogens is 2. The molecule has 3 aromatic carbocycles. The summed E-state index contributed by atoms with van der Waals surface area (Å²) < 4.78 is 14.1. The number of anilines is 1. The molecule has 2 heterocycles. The molecular weight excluding hydrogens is 450 g/mol. The van der Waals surface area contributed by atoms with E-state index in [0.29, 0.717) is 37.8 Å². The van der Waals surface area contributed by atoms with Crippen molar-refractivity contribution < 1.29 is 14.3 Å². The highest BCUT2D eigenvalue weighted by Gasteiger charge is 2.36. The standard InChI is InChI=1S/C30H33N3O3/c1-20(2)23-14-13-21(3)17-28(23)36-16-15-32-25-10-6-5-9-24(25)31-30(32)22-18-29(34)33(19-22)26-11-7-8-12-27(26)35-4/h5-14,17,20,22H,15-16,18-19H2,1-4H3. The fourth-order valence-electron chi connectivity index (χ4n) is 5.10. The fourth-order valence-corrected chi connectivity index (χ4v) is 5.10. The number of rotatable bonds is 8. The molecule has 1 aliphatic rings. The number of amides is 1. The third kappa shape index (κ3) is 4.55. The Morgan fingerprint density at radius 3 is 2.61 bits per heavy atom. The summed E-state index contributed by atoms with van der Waals surface area (Å²) in [4.78, 5) is 19.9. The number of aryl methyl sites for hydroxylation is 1. The van der Waals surface area contributed by atoms with E-state index in [-0.39, 0.29) is 11.8 Å². The zero-order chi connectivity index (χ0) is 25.2. The zero-order valence-corrected chi connectivity index (χ0v) is 21.4. The van der Waals surface area contributed by atoms with E-state index in [4.69, 9.17) is 14.5 Å². The summed E-state index contributed by atoms with van der Waals surface area (Å²) in [6.45, 7) is 8.20. The minimum absolute atomic E-state index is 0.0139. The molecule has 0 N–H and O–H groups in total. The van der Waals surface area contributed by atoms with Crippen LogP contribution in [0.25, 0.3) is 11.0 Å². The van der Waals surface area contributed by atoms with Gasteiger partial charge in [-0.3, -0.25) is 4.79 Å². The lowest BCUT2D eigenvalue weighted by molar-refractivity contribution is -0.117. The number of imidazole rings is 1. The van der Waals surface area contributed by atoms with Crippen LogP contribution < -0.4 is 14.4 Å². The average molecular weight is 484 g/mol. The molecule has 1 atom stereocenters. The molecule has 1 unspecified atom stereocenters. The van der Waals surface area contributed by atoms with Crippen LogP contribution in [-0.2, 0) is 11.3 Å². The lowest BCUT2D eigenvalue weighted by Crippen LogP contribution is -2.25. The second kappa shape index (κ2) is 10.1. The lowest BCUT2D eigenvalue weighted by atomic mass is 10.0. The third-order valence-electron chi connectivity index (χ3n) is 6.91. The van der Waals surface area contributed by atoms with Crippen LogP contribution in [0.15, 0.2) is 66.7 Å². The highest BCUT2D eigenvalue weighted by Crippen LogP contribution is 2.37. The van der Waals surface area contributed by atoms with Crippen LogP contribution in [0.3, 0.4) is 0 Å². The first kappa shape index (κ1) is 23.9. The minimum Gasteiger partial charge on any atom is -0.495 e. The van der Waals surface area contributed by atoms with Gasteiger partial charge in [0.25, 0.3) is 0 Å². The number of carbonyl (C=O) groups is 1. The smallest absolute Gasteiger partial charge is 0.227 e. The van der Waals surface area contributed by atoms with Crippen molar-refractivity contribution in [2.45, 2.75) is 45.6 Å². The Kier molecular flexibility index (Phi) is 6.68. The van der Waals surface area contributed by atoms with Crippen molar-refractivity contribution in [3.8, 4) is 11.5 Å². The molecule has 1 aliphatic heterocycles. The number of benzene rings is 3. The second-order valence-electron chi connectivity index (χ2n) is 9.73. The number of ether oxygens (including phenoxy) is 2. The van der Waals surface area contributed by atoms with Crippen LogP contribution in [0.2, 0.25) is 0 Å². The summed E-state index contributed by atoms with van der Waals surface area (Å²) in [6, 6.07) is 22.2. The number of hydrogen-bond donors (Lipinski definition) is 0. The number of methoxy groups -OCH3 is 1. The first-order valence-electron chi connectivity index (χ1n) is 12.6. The van der Waals surface area contributed by atoms with Gasteiger partial charge in [-0.2, -0.15) is 0 Å². The quantitative estimate of drug-likeness (QED) is 0.305. The normalized spacial score (nSPS) is 15.8. The molecule has 0 aliphatic carbocycles. The summed E-state index contributed by atoms with van der Waals surface area (Å²) in [5.41, 5.74) is 5.20. The first-order chi connectivity index (χ1) is 17.5. The van der Waals surface area contributed by atoms with Gasteiger partial charge in [-0.25, -0.2) is 4.98 Å². The molecule has 1 aromatic heterocycles. The zero-order valence-electron chi connectivity index (χ0n) is 21.4. The van der Waals surface area contributed by atoms with Gasteiger partial charge in [0.05, 0.1) is 30.4 Å². The average Bonchev–Trinajstić information content (AvgIpc) is 3.44. The van der Waals surface area contributed by atoms with Gasteiger partial charge >= 0.3 is 0 Å². The topological polar surface area (TPSA) is 56.6 Å². The molecule has 1 amide bonds. The number of hydrogen-bond acceptors (Lipinski definition) is 4. The minimum atomic E-state index is -0.0139. The maximum Gasteiger partial charge on any atom is 0.227 e. The Morgan fingerprint density at radius 1 is 1.03 bits per heavy atom. The highest BCUT2D eigenvalue weighted by atomic mass is 16.5. The van der Waals surface area contributed by atoms with Gasteiger partial charge in [-0.15, -0.1) is 0 Å². The lowest BCUT2D eigenvalue weighted by Gasteiger charge is -2.20. The van der Waals surface area contributed by atoms with Gasteiger partial charge in [0, 0.05) is 18.9 Å². The van der Waals surface area contributed by atoms with Crippen molar-refractivity contribution in [2.75, 3.05) is 25.2 Å². The Labute approximate surface area is 212 Å².